The van der Waals surface area contributed by atoms with E-state index in [-0.39, 0.29) is 0 Å². The lowest BCUT2D eigenvalue weighted by Crippen LogP contribution is -2.06. The number of aromatic nitrogens is 2. The largest absolute Gasteiger partial charge is 0.384 e. The average molecular weight is 263 g/mol. The average Bonchev–Trinajstić information content (AvgIpc) is 3.15. The Bertz CT molecular complexity index is 402. The second-order valence-electron chi connectivity index (χ2n) is 6.22. The molecule has 0 spiro atoms. The Balaban J connectivity index is 1.98. The van der Waals surface area contributed by atoms with E-state index in [1.165, 1.54) is 50.8 Å². The first-order valence-corrected chi connectivity index (χ1v) is 8.01. The number of nitrogen functional groups attached to an aromatic ring is 1. The van der Waals surface area contributed by atoms with E-state index in [2.05, 4.69) is 25.3 Å². The number of nitrogens with zero attached hydrogens (tertiary/aromatic N) is 2. The second-order valence-corrected chi connectivity index (χ2v) is 6.22. The summed E-state index contributed by atoms with van der Waals surface area (Å²) in [6.07, 6.45) is 10.1. The van der Waals surface area contributed by atoms with Crippen LogP contribution < -0.4 is 5.73 Å². The first-order valence-electron chi connectivity index (χ1n) is 8.01. The Hall–Kier alpha value is -0.990. The van der Waals surface area contributed by atoms with Gasteiger partial charge in [0.2, 0.25) is 0 Å². The van der Waals surface area contributed by atoms with Crippen molar-refractivity contribution in [2.45, 2.75) is 84.1 Å². The summed E-state index contributed by atoms with van der Waals surface area (Å²) in [5, 5.41) is 0. The minimum Gasteiger partial charge on any atom is -0.384 e. The van der Waals surface area contributed by atoms with Gasteiger partial charge < -0.3 is 10.3 Å². The molecule has 1 aromatic heterocycles. The predicted molar refractivity (Wildman–Crippen MR) is 81.5 cm³/mol. The van der Waals surface area contributed by atoms with E-state index in [4.69, 9.17) is 10.7 Å². The number of unbranched alkanes of at least 4 members (excludes halogenated alkanes) is 4. The van der Waals surface area contributed by atoms with E-state index in [0.717, 1.165) is 17.9 Å². The Morgan fingerprint density at radius 1 is 1.21 bits per heavy atom. The van der Waals surface area contributed by atoms with Crippen molar-refractivity contribution in [1.29, 1.82) is 0 Å². The smallest absolute Gasteiger partial charge is 0.127 e. The molecule has 0 amide bonds. The van der Waals surface area contributed by atoms with Crippen LogP contribution in [0.4, 0.5) is 5.82 Å². The van der Waals surface area contributed by atoms with Gasteiger partial charge in [-0.25, -0.2) is 4.98 Å². The molecule has 3 nitrogen and oxygen atoms in total. The van der Waals surface area contributed by atoms with Crippen molar-refractivity contribution in [3.63, 3.8) is 0 Å². The molecule has 0 saturated heterocycles. The van der Waals surface area contributed by atoms with Crippen molar-refractivity contribution >= 4 is 5.82 Å². The molecule has 0 aliphatic heterocycles. The molecule has 1 aliphatic carbocycles. The second kappa shape index (κ2) is 6.44. The summed E-state index contributed by atoms with van der Waals surface area (Å²) < 4.78 is 2.31. The first kappa shape index (κ1) is 14.4. The van der Waals surface area contributed by atoms with Gasteiger partial charge in [-0.2, -0.15) is 0 Å². The molecule has 0 atom stereocenters. The van der Waals surface area contributed by atoms with E-state index < -0.39 is 0 Å². The standard InChI is InChI=1S/C16H29N3/c1-4-5-6-7-8-9-14-15(17)19(13-10-11-13)16(18-14)12(2)3/h12-13H,4-11,17H2,1-3H3. The molecule has 0 unspecified atom stereocenters. The highest BCUT2D eigenvalue weighted by Gasteiger charge is 2.30. The molecule has 1 saturated carbocycles. The molecule has 2 rings (SSSR count). The van der Waals surface area contributed by atoms with Gasteiger partial charge in [-0.3, -0.25) is 0 Å². The molecule has 0 bridgehead atoms. The summed E-state index contributed by atoms with van der Waals surface area (Å²) in [7, 11) is 0. The van der Waals surface area contributed by atoms with E-state index in [9.17, 15) is 0 Å². The molecule has 1 aliphatic rings. The predicted octanol–water partition coefficient (Wildman–Crippen LogP) is 4.44. The maximum absolute atomic E-state index is 6.32. The molecular formula is C16H29N3. The minimum atomic E-state index is 0.469. The highest BCUT2D eigenvalue weighted by Crippen LogP contribution is 2.40. The molecule has 1 heterocycles. The number of rotatable bonds is 8. The van der Waals surface area contributed by atoms with Crippen LogP contribution in [0.15, 0.2) is 0 Å². The molecule has 0 aromatic carbocycles. The van der Waals surface area contributed by atoms with Crippen LogP contribution in [-0.4, -0.2) is 9.55 Å². The minimum absolute atomic E-state index is 0.469. The molecular weight excluding hydrogens is 234 g/mol. The summed E-state index contributed by atoms with van der Waals surface area (Å²) in [5.74, 6) is 2.61. The number of hydrogen-bond donors (Lipinski definition) is 1. The van der Waals surface area contributed by atoms with Gasteiger partial charge in [0.15, 0.2) is 0 Å². The van der Waals surface area contributed by atoms with Crippen molar-refractivity contribution < 1.29 is 0 Å². The lowest BCUT2D eigenvalue weighted by Gasteiger charge is -2.10. The van der Waals surface area contributed by atoms with Gasteiger partial charge in [0.25, 0.3) is 0 Å². The van der Waals surface area contributed by atoms with Crippen LogP contribution in [0.1, 0.15) is 89.2 Å². The van der Waals surface area contributed by atoms with Crippen LogP contribution in [0.5, 0.6) is 0 Å². The van der Waals surface area contributed by atoms with Gasteiger partial charge in [0.1, 0.15) is 11.6 Å². The van der Waals surface area contributed by atoms with E-state index in [0.29, 0.717) is 12.0 Å². The maximum Gasteiger partial charge on any atom is 0.127 e. The molecule has 19 heavy (non-hydrogen) atoms. The number of imidazole rings is 1. The van der Waals surface area contributed by atoms with Gasteiger partial charge in [0, 0.05) is 12.0 Å². The summed E-state index contributed by atoms with van der Waals surface area (Å²) in [6.45, 7) is 6.68. The highest BCUT2D eigenvalue weighted by molar-refractivity contribution is 5.40. The SMILES string of the molecule is CCCCCCCc1nc(C(C)C)n(C2CC2)c1N. The molecule has 0 radical (unpaired) electrons. The fourth-order valence-electron chi connectivity index (χ4n) is 2.72. The third-order valence-corrected chi connectivity index (χ3v) is 4.00. The fourth-order valence-corrected chi connectivity index (χ4v) is 2.72. The normalized spacial score (nSPS) is 15.4. The zero-order valence-electron chi connectivity index (χ0n) is 12.8. The van der Waals surface area contributed by atoms with Crippen LogP contribution in [0.2, 0.25) is 0 Å². The maximum atomic E-state index is 6.32. The van der Waals surface area contributed by atoms with Gasteiger partial charge in [-0.15, -0.1) is 0 Å². The Morgan fingerprint density at radius 3 is 2.47 bits per heavy atom. The Morgan fingerprint density at radius 2 is 1.89 bits per heavy atom. The fraction of sp³-hybridized carbons (Fsp3) is 0.812. The summed E-state index contributed by atoms with van der Waals surface area (Å²) in [6, 6.07) is 0.638. The van der Waals surface area contributed by atoms with Crippen molar-refractivity contribution in [2.24, 2.45) is 0 Å². The van der Waals surface area contributed by atoms with E-state index in [1.807, 2.05) is 0 Å². The molecule has 1 aromatic rings. The molecule has 1 fully saturated rings. The zero-order valence-corrected chi connectivity index (χ0v) is 12.8. The third-order valence-electron chi connectivity index (χ3n) is 4.00. The van der Waals surface area contributed by atoms with Gasteiger partial charge in [-0.1, -0.05) is 46.5 Å². The highest BCUT2D eigenvalue weighted by atomic mass is 15.2. The Kier molecular flexibility index (Phi) is 4.89. The van der Waals surface area contributed by atoms with Crippen LogP contribution in [0.25, 0.3) is 0 Å². The van der Waals surface area contributed by atoms with Gasteiger partial charge in [0.05, 0.1) is 5.69 Å². The zero-order chi connectivity index (χ0) is 13.8. The third kappa shape index (κ3) is 3.52. The molecule has 2 N–H and O–H groups in total. The lowest BCUT2D eigenvalue weighted by atomic mass is 10.1. The quantitative estimate of drug-likeness (QED) is 0.705. The first-order chi connectivity index (χ1) is 9.15. The van der Waals surface area contributed by atoms with Crippen molar-refractivity contribution in [3.05, 3.63) is 11.5 Å². The van der Waals surface area contributed by atoms with Crippen molar-refractivity contribution in [3.8, 4) is 0 Å². The lowest BCUT2D eigenvalue weighted by molar-refractivity contribution is 0.628. The summed E-state index contributed by atoms with van der Waals surface area (Å²) in [5.41, 5.74) is 7.47. The van der Waals surface area contributed by atoms with E-state index >= 15 is 0 Å². The number of anilines is 1. The van der Waals surface area contributed by atoms with E-state index in [1.54, 1.807) is 0 Å². The van der Waals surface area contributed by atoms with Crippen LogP contribution in [-0.2, 0) is 6.42 Å². The topological polar surface area (TPSA) is 43.8 Å². The van der Waals surface area contributed by atoms with Crippen LogP contribution in [0, 0.1) is 0 Å². The van der Waals surface area contributed by atoms with Crippen LogP contribution in [0.3, 0.4) is 0 Å². The summed E-state index contributed by atoms with van der Waals surface area (Å²) >= 11 is 0. The number of aryl methyl sites for hydroxylation is 1. The van der Waals surface area contributed by atoms with Gasteiger partial charge in [-0.05, 0) is 25.7 Å². The van der Waals surface area contributed by atoms with Crippen molar-refractivity contribution in [2.75, 3.05) is 5.73 Å². The number of hydrogen-bond acceptors (Lipinski definition) is 2. The molecule has 108 valence electrons. The summed E-state index contributed by atoms with van der Waals surface area (Å²) in [4.78, 5) is 4.83. The number of nitrogens with two attached hydrogens (primary N) is 1. The van der Waals surface area contributed by atoms with Gasteiger partial charge >= 0.3 is 0 Å². The monoisotopic (exact) mass is 263 g/mol. The van der Waals surface area contributed by atoms with Crippen molar-refractivity contribution in [1.82, 2.24) is 9.55 Å². The molecule has 3 heteroatoms. The Labute approximate surface area is 117 Å². The van der Waals surface area contributed by atoms with Crippen LogP contribution >= 0.6 is 0 Å².